The van der Waals surface area contributed by atoms with Gasteiger partial charge in [-0.05, 0) is 65.8 Å². The van der Waals surface area contributed by atoms with E-state index in [1.165, 1.54) is 16.7 Å². The van der Waals surface area contributed by atoms with E-state index in [9.17, 15) is 0 Å². The minimum absolute atomic E-state index is 0.275. The van der Waals surface area contributed by atoms with Gasteiger partial charge in [-0.1, -0.05) is 28.7 Å². The summed E-state index contributed by atoms with van der Waals surface area (Å²) in [5.41, 5.74) is 3.83. The Balaban J connectivity index is 0.00000136. The molecule has 0 saturated carbocycles. The van der Waals surface area contributed by atoms with Crippen molar-refractivity contribution >= 4 is 22.6 Å². The lowest BCUT2D eigenvalue weighted by atomic mass is 9.88. The van der Waals surface area contributed by atoms with E-state index in [1.54, 1.807) is 28.4 Å². The number of rotatable bonds is 6. The number of likely N-dealkylation sites (N-methyl/N-ethyl adjacent to an activating group) is 1. The molecule has 1 heterocycles. The first kappa shape index (κ1) is 22.6. The Labute approximate surface area is 182 Å². The fourth-order valence-corrected chi connectivity index (χ4v) is 3.65. The first-order chi connectivity index (χ1) is 13.6. The molecule has 0 aromatic heterocycles. The van der Waals surface area contributed by atoms with E-state index in [0.717, 1.165) is 42.4 Å². The van der Waals surface area contributed by atoms with Crippen LogP contribution in [0.15, 0.2) is 30.3 Å². The molecule has 0 saturated heterocycles. The maximum Gasteiger partial charge on any atom is 0.161 e. The molecule has 6 heteroatoms. The summed E-state index contributed by atoms with van der Waals surface area (Å²) >= 11 is 2.15. The van der Waals surface area contributed by atoms with Gasteiger partial charge in [0.1, 0.15) is 0 Å². The highest BCUT2D eigenvalue weighted by Gasteiger charge is 2.27. The number of nitrogens with zero attached hydrogens (tertiary/aromatic N) is 1. The molecular weight excluding hydrogens is 469 g/mol. The van der Waals surface area contributed by atoms with Gasteiger partial charge in [0.15, 0.2) is 23.0 Å². The molecule has 1 atom stereocenters. The smallest absolute Gasteiger partial charge is 0.161 e. The van der Waals surface area contributed by atoms with Crippen LogP contribution in [0.5, 0.6) is 23.0 Å². The first-order valence-electron chi connectivity index (χ1n) is 9.15. The zero-order valence-corrected chi connectivity index (χ0v) is 19.7. The van der Waals surface area contributed by atoms with Crippen LogP contribution >= 0.6 is 22.6 Å². The second kappa shape index (κ2) is 10.8. The van der Waals surface area contributed by atoms with Crippen LogP contribution in [0, 0.1) is 0 Å². The molecule has 0 aliphatic carbocycles. The molecule has 28 heavy (non-hydrogen) atoms. The summed E-state index contributed by atoms with van der Waals surface area (Å²) in [6, 6.07) is 10.6. The minimum Gasteiger partial charge on any atom is -0.493 e. The average molecular weight is 499 g/mol. The van der Waals surface area contributed by atoms with E-state index < -0.39 is 0 Å². The molecule has 0 fully saturated rings. The van der Waals surface area contributed by atoms with Gasteiger partial charge in [0.25, 0.3) is 0 Å². The largest absolute Gasteiger partial charge is 0.493 e. The maximum atomic E-state index is 5.52. The van der Waals surface area contributed by atoms with E-state index in [2.05, 4.69) is 58.8 Å². The monoisotopic (exact) mass is 499 g/mol. The summed E-state index contributed by atoms with van der Waals surface area (Å²) in [5.74, 6) is 3.08. The summed E-state index contributed by atoms with van der Waals surface area (Å²) < 4.78 is 21.8. The molecule has 2 aromatic carbocycles. The van der Waals surface area contributed by atoms with Crippen molar-refractivity contribution in [2.75, 3.05) is 47.0 Å². The molecule has 0 amide bonds. The lowest BCUT2D eigenvalue weighted by Gasteiger charge is -2.35. The van der Waals surface area contributed by atoms with Gasteiger partial charge in [-0.25, -0.2) is 0 Å². The second-order valence-electron chi connectivity index (χ2n) is 6.55. The summed E-state index contributed by atoms with van der Waals surface area (Å²) in [5, 5.41) is 0. The number of benzene rings is 2. The molecule has 3 rings (SSSR count). The Bertz CT molecular complexity index is 781. The predicted octanol–water partition coefficient (Wildman–Crippen LogP) is 4.54. The molecule has 2 aromatic rings. The minimum atomic E-state index is 0.275. The van der Waals surface area contributed by atoms with E-state index in [1.807, 2.05) is 11.0 Å². The van der Waals surface area contributed by atoms with Gasteiger partial charge in [-0.15, -0.1) is 0 Å². The third kappa shape index (κ3) is 4.84. The molecule has 0 radical (unpaired) electrons. The zero-order chi connectivity index (χ0) is 20.7. The molecule has 0 N–H and O–H groups in total. The number of halogens is 1. The molecule has 5 nitrogen and oxygen atoms in total. The fraction of sp³-hybridized carbons (Fsp3) is 0.455. The summed E-state index contributed by atoms with van der Waals surface area (Å²) in [4.78, 5) is 4.36. The number of ether oxygens (including phenoxy) is 4. The lowest BCUT2D eigenvalue weighted by molar-refractivity contribution is 0.227. The van der Waals surface area contributed by atoms with Crippen LogP contribution in [-0.4, -0.2) is 51.9 Å². The van der Waals surface area contributed by atoms with Gasteiger partial charge in [-0.3, -0.25) is 4.90 Å². The van der Waals surface area contributed by atoms with Crippen molar-refractivity contribution < 1.29 is 18.9 Å². The second-order valence-corrected chi connectivity index (χ2v) is 6.55. The number of fused-ring (bicyclic) bond motifs is 1. The van der Waals surface area contributed by atoms with Crippen molar-refractivity contribution in [2.45, 2.75) is 18.9 Å². The number of hydrogen-bond donors (Lipinski definition) is 0. The van der Waals surface area contributed by atoms with Crippen molar-refractivity contribution in [1.82, 2.24) is 4.90 Å². The summed E-state index contributed by atoms with van der Waals surface area (Å²) in [7, 11) is 8.86. The van der Waals surface area contributed by atoms with E-state index in [4.69, 9.17) is 18.9 Å². The standard InChI is InChI=1S/C21H27NO4.CH3I/c1-22-9-8-15-12-20(25-4)21(26-5)13-16(15)17(22)10-14-6-7-18(23-2)19(11-14)24-3;1-2/h6-7,11-13,17H,8-10H2,1-5H3;1H3. The average Bonchev–Trinajstić information content (AvgIpc) is 2.75. The Morgan fingerprint density at radius 2 is 1.43 bits per heavy atom. The topological polar surface area (TPSA) is 40.2 Å². The Morgan fingerprint density at radius 3 is 2.04 bits per heavy atom. The molecule has 154 valence electrons. The van der Waals surface area contributed by atoms with Gasteiger partial charge in [0, 0.05) is 12.6 Å². The molecule has 0 spiro atoms. The van der Waals surface area contributed by atoms with Crippen LogP contribution in [-0.2, 0) is 12.8 Å². The number of hydrogen-bond acceptors (Lipinski definition) is 5. The molecule has 1 aliphatic heterocycles. The van der Waals surface area contributed by atoms with Gasteiger partial charge >= 0.3 is 0 Å². The first-order valence-corrected chi connectivity index (χ1v) is 11.3. The van der Waals surface area contributed by atoms with Crippen LogP contribution in [0.25, 0.3) is 0 Å². The lowest BCUT2D eigenvalue weighted by Crippen LogP contribution is -2.33. The molecule has 1 aliphatic rings. The van der Waals surface area contributed by atoms with Crippen molar-refractivity contribution in [1.29, 1.82) is 0 Å². The Morgan fingerprint density at radius 1 is 0.857 bits per heavy atom. The number of alkyl halides is 1. The van der Waals surface area contributed by atoms with Crippen LogP contribution in [0.1, 0.15) is 22.7 Å². The van der Waals surface area contributed by atoms with Crippen molar-refractivity contribution in [2.24, 2.45) is 0 Å². The van der Waals surface area contributed by atoms with Gasteiger partial charge < -0.3 is 18.9 Å². The van der Waals surface area contributed by atoms with Gasteiger partial charge in [0.05, 0.1) is 28.4 Å². The normalized spacial score (nSPS) is 15.8. The summed E-state index contributed by atoms with van der Waals surface area (Å²) in [6.07, 6.45) is 1.90. The summed E-state index contributed by atoms with van der Waals surface area (Å²) in [6.45, 7) is 1.01. The highest BCUT2D eigenvalue weighted by Crippen LogP contribution is 2.39. The Hall–Kier alpha value is -1.67. The van der Waals surface area contributed by atoms with E-state index in [0.29, 0.717) is 0 Å². The van der Waals surface area contributed by atoms with Crippen LogP contribution < -0.4 is 18.9 Å². The van der Waals surface area contributed by atoms with Crippen molar-refractivity contribution in [3.8, 4) is 23.0 Å². The van der Waals surface area contributed by atoms with Crippen LogP contribution in [0.3, 0.4) is 0 Å². The third-order valence-electron chi connectivity index (χ3n) is 5.15. The van der Waals surface area contributed by atoms with E-state index >= 15 is 0 Å². The van der Waals surface area contributed by atoms with Crippen LogP contribution in [0.2, 0.25) is 0 Å². The highest BCUT2D eigenvalue weighted by molar-refractivity contribution is 14.1. The van der Waals surface area contributed by atoms with Gasteiger partial charge in [0.2, 0.25) is 0 Å². The van der Waals surface area contributed by atoms with Crippen molar-refractivity contribution in [3.05, 3.63) is 47.0 Å². The van der Waals surface area contributed by atoms with Gasteiger partial charge in [-0.2, -0.15) is 0 Å². The van der Waals surface area contributed by atoms with Crippen molar-refractivity contribution in [3.63, 3.8) is 0 Å². The quantitative estimate of drug-likeness (QED) is 0.431. The Kier molecular flexibility index (Phi) is 8.69. The van der Waals surface area contributed by atoms with E-state index in [-0.39, 0.29) is 6.04 Å². The fourth-order valence-electron chi connectivity index (χ4n) is 3.65. The molecular formula is C22H30INO4. The molecule has 0 bridgehead atoms. The number of methoxy groups -OCH3 is 4. The maximum absolute atomic E-state index is 5.52. The third-order valence-corrected chi connectivity index (χ3v) is 5.15. The SMILES string of the molecule is CI.COc1ccc(CC2c3cc(OC)c(OC)cc3CCN2C)cc1OC. The van der Waals surface area contributed by atoms with Crippen LogP contribution in [0.4, 0.5) is 0 Å². The zero-order valence-electron chi connectivity index (χ0n) is 17.5. The highest BCUT2D eigenvalue weighted by atomic mass is 127. The molecule has 1 unspecified atom stereocenters. The predicted molar refractivity (Wildman–Crippen MR) is 122 cm³/mol.